The number of rotatable bonds is 3. The van der Waals surface area contributed by atoms with Gasteiger partial charge in [0.25, 0.3) is 0 Å². The molecule has 1 aliphatic heterocycles. The number of carbonyl (C=O) groups excluding carboxylic acids is 1. The van der Waals surface area contributed by atoms with Gasteiger partial charge < -0.3 is 0 Å². The lowest BCUT2D eigenvalue weighted by molar-refractivity contribution is -0.134. The maximum atomic E-state index is 12.7. The Balaban J connectivity index is 2.95. The van der Waals surface area contributed by atoms with Crippen molar-refractivity contribution >= 4 is 5.78 Å². The maximum absolute atomic E-state index is 12.7. The highest BCUT2D eigenvalue weighted by Gasteiger charge is 2.44. The van der Waals surface area contributed by atoms with E-state index in [1.807, 2.05) is 0 Å². The minimum absolute atomic E-state index is 0.0834. The third-order valence-corrected chi connectivity index (χ3v) is 4.30. The molecule has 0 unspecified atom stereocenters. The highest BCUT2D eigenvalue weighted by molar-refractivity contribution is 5.89. The first-order chi connectivity index (χ1) is 7.61. The molecule has 0 bridgehead atoms. The number of Topliss-reactive ketones (excluding diaryl/α,β-unsaturated/α-hetero) is 1. The zero-order valence-corrected chi connectivity index (χ0v) is 12.6. The van der Waals surface area contributed by atoms with Gasteiger partial charge in [-0.2, -0.15) is 0 Å². The van der Waals surface area contributed by atoms with E-state index in [1.54, 1.807) is 0 Å². The Morgan fingerprint density at radius 3 is 2.12 bits per heavy atom. The highest BCUT2D eigenvalue weighted by Crippen LogP contribution is 2.36. The van der Waals surface area contributed by atoms with Crippen LogP contribution in [0, 0.1) is 5.41 Å². The van der Waals surface area contributed by atoms with Gasteiger partial charge in [0.05, 0.1) is 6.04 Å². The van der Waals surface area contributed by atoms with E-state index in [0.717, 1.165) is 19.3 Å². The fourth-order valence-electron chi connectivity index (χ4n) is 3.00. The Kier molecular flexibility index (Phi) is 4.08. The summed E-state index contributed by atoms with van der Waals surface area (Å²) in [4.78, 5) is 15.1. The average Bonchev–Trinajstić information content (AvgIpc) is 2.58. The normalized spacial score (nSPS) is 27.5. The minimum Gasteiger partial charge on any atom is -0.297 e. The van der Waals surface area contributed by atoms with Gasteiger partial charge in [0.15, 0.2) is 5.78 Å². The summed E-state index contributed by atoms with van der Waals surface area (Å²) in [7, 11) is 0. The van der Waals surface area contributed by atoms with Crippen LogP contribution in [0.3, 0.4) is 0 Å². The second-order valence-corrected chi connectivity index (χ2v) is 7.12. The van der Waals surface area contributed by atoms with E-state index in [4.69, 9.17) is 0 Å². The van der Waals surface area contributed by atoms with Gasteiger partial charge in [0.2, 0.25) is 0 Å². The third-order valence-electron chi connectivity index (χ3n) is 4.30. The summed E-state index contributed by atoms with van der Waals surface area (Å²) in [5.41, 5.74) is -0.0989. The van der Waals surface area contributed by atoms with Crippen LogP contribution in [0.4, 0.5) is 0 Å². The largest absolute Gasteiger partial charge is 0.297 e. The number of hydrogen-bond acceptors (Lipinski definition) is 2. The van der Waals surface area contributed by atoms with Crippen LogP contribution in [-0.4, -0.2) is 28.3 Å². The van der Waals surface area contributed by atoms with Crippen LogP contribution < -0.4 is 0 Å². The van der Waals surface area contributed by atoms with Crippen molar-refractivity contribution in [2.45, 2.75) is 85.4 Å². The Labute approximate surface area is 107 Å². The number of nitrogens with zero attached hydrogens (tertiary/aromatic N) is 1. The van der Waals surface area contributed by atoms with Crippen molar-refractivity contribution in [2.24, 2.45) is 5.41 Å². The van der Waals surface area contributed by atoms with Gasteiger partial charge in [-0.15, -0.1) is 0 Å². The van der Waals surface area contributed by atoms with Crippen LogP contribution in [-0.2, 0) is 4.79 Å². The molecule has 1 rings (SSSR count). The van der Waals surface area contributed by atoms with Crippen LogP contribution in [0.1, 0.15) is 67.7 Å². The van der Waals surface area contributed by atoms with Crippen molar-refractivity contribution in [3.63, 3.8) is 0 Å². The fourth-order valence-corrected chi connectivity index (χ4v) is 3.00. The van der Waals surface area contributed by atoms with Crippen LogP contribution >= 0.6 is 0 Å². The molecule has 1 aliphatic rings. The van der Waals surface area contributed by atoms with E-state index in [2.05, 4.69) is 53.4 Å². The monoisotopic (exact) mass is 239 g/mol. The maximum Gasteiger partial charge on any atom is 0.155 e. The van der Waals surface area contributed by atoms with Crippen molar-refractivity contribution < 1.29 is 4.79 Å². The summed E-state index contributed by atoms with van der Waals surface area (Å²) in [5.74, 6) is 0.430. The molecular formula is C15H29NO. The van der Waals surface area contributed by atoms with Crippen LogP contribution in [0.15, 0.2) is 0 Å². The first-order valence-corrected chi connectivity index (χ1v) is 6.94. The van der Waals surface area contributed by atoms with Crippen molar-refractivity contribution in [1.82, 2.24) is 4.90 Å². The number of ketones is 1. The molecule has 0 saturated carbocycles. The van der Waals surface area contributed by atoms with Gasteiger partial charge >= 0.3 is 0 Å². The standard InChI is InChI=1S/C15H29NO/c1-8-15(6,7)13(17)12-10-9-11(2)16(12)14(3,4)5/h11-12H,8-10H2,1-7H3/t11-,12+/m1/s1. The molecule has 1 heterocycles. The van der Waals surface area contributed by atoms with E-state index in [1.165, 1.54) is 0 Å². The number of likely N-dealkylation sites (tertiary alicyclic amines) is 1. The topological polar surface area (TPSA) is 20.3 Å². The fraction of sp³-hybridized carbons (Fsp3) is 0.933. The molecule has 0 aromatic rings. The number of carbonyl (C=O) groups is 1. The Morgan fingerprint density at radius 2 is 1.71 bits per heavy atom. The smallest absolute Gasteiger partial charge is 0.155 e. The highest BCUT2D eigenvalue weighted by atomic mass is 16.1. The summed E-state index contributed by atoms with van der Waals surface area (Å²) in [5, 5.41) is 0. The lowest BCUT2D eigenvalue weighted by Crippen LogP contribution is -2.53. The zero-order chi connectivity index (χ0) is 13.4. The number of hydrogen-bond donors (Lipinski definition) is 0. The molecule has 2 atom stereocenters. The van der Waals surface area contributed by atoms with Gasteiger partial charge in [-0.25, -0.2) is 0 Å². The summed E-state index contributed by atoms with van der Waals surface area (Å²) in [6, 6.07) is 0.650. The first-order valence-electron chi connectivity index (χ1n) is 6.94. The zero-order valence-electron chi connectivity index (χ0n) is 12.6. The first kappa shape index (κ1) is 14.7. The van der Waals surface area contributed by atoms with E-state index in [-0.39, 0.29) is 17.0 Å². The predicted octanol–water partition coefficient (Wildman–Crippen LogP) is 3.64. The summed E-state index contributed by atoms with van der Waals surface area (Å²) in [6.07, 6.45) is 3.10. The molecule has 0 aliphatic carbocycles. The summed E-state index contributed by atoms with van der Waals surface area (Å²) in [6.45, 7) is 15.2. The van der Waals surface area contributed by atoms with Gasteiger partial charge in [0.1, 0.15) is 0 Å². The minimum atomic E-state index is -0.182. The van der Waals surface area contributed by atoms with Crippen molar-refractivity contribution in [1.29, 1.82) is 0 Å². The van der Waals surface area contributed by atoms with Crippen LogP contribution in [0.2, 0.25) is 0 Å². The molecular weight excluding hydrogens is 210 g/mol. The Hall–Kier alpha value is -0.370. The van der Waals surface area contributed by atoms with Gasteiger partial charge in [-0.05, 0) is 47.0 Å². The molecule has 0 amide bonds. The van der Waals surface area contributed by atoms with Crippen LogP contribution in [0.25, 0.3) is 0 Å². The molecule has 0 aromatic heterocycles. The third kappa shape index (κ3) is 2.90. The molecule has 0 aromatic carbocycles. The molecule has 2 nitrogen and oxygen atoms in total. The van der Waals surface area contributed by atoms with Gasteiger partial charge in [-0.1, -0.05) is 20.8 Å². The lowest BCUT2D eigenvalue weighted by Gasteiger charge is -2.41. The van der Waals surface area contributed by atoms with Crippen molar-refractivity contribution in [2.75, 3.05) is 0 Å². The molecule has 0 N–H and O–H groups in total. The van der Waals surface area contributed by atoms with Crippen LogP contribution in [0.5, 0.6) is 0 Å². The molecule has 1 fully saturated rings. The summed E-state index contributed by atoms with van der Waals surface area (Å²) < 4.78 is 0. The SMILES string of the molecule is CCC(C)(C)C(=O)[C@@H]1CC[C@@H](C)N1C(C)(C)C. The quantitative estimate of drug-likeness (QED) is 0.749. The molecule has 100 valence electrons. The van der Waals surface area contributed by atoms with E-state index < -0.39 is 0 Å². The van der Waals surface area contributed by atoms with Gasteiger partial charge in [0, 0.05) is 17.0 Å². The molecule has 0 radical (unpaired) electrons. The molecule has 1 saturated heterocycles. The van der Waals surface area contributed by atoms with Crippen molar-refractivity contribution in [3.05, 3.63) is 0 Å². The molecule has 17 heavy (non-hydrogen) atoms. The lowest BCUT2D eigenvalue weighted by atomic mass is 9.80. The van der Waals surface area contributed by atoms with Crippen molar-refractivity contribution in [3.8, 4) is 0 Å². The molecule has 0 spiro atoms. The van der Waals surface area contributed by atoms with E-state index in [0.29, 0.717) is 11.8 Å². The second kappa shape index (κ2) is 4.72. The Bertz CT molecular complexity index is 288. The van der Waals surface area contributed by atoms with E-state index in [9.17, 15) is 4.79 Å². The van der Waals surface area contributed by atoms with E-state index >= 15 is 0 Å². The average molecular weight is 239 g/mol. The van der Waals surface area contributed by atoms with Gasteiger partial charge in [-0.3, -0.25) is 9.69 Å². The predicted molar refractivity (Wildman–Crippen MR) is 73.2 cm³/mol. The second-order valence-electron chi connectivity index (χ2n) is 7.12. The summed E-state index contributed by atoms with van der Waals surface area (Å²) >= 11 is 0. The molecule has 2 heteroatoms. The Morgan fingerprint density at radius 1 is 1.18 bits per heavy atom.